The van der Waals surface area contributed by atoms with E-state index in [0.717, 1.165) is 12.2 Å². The summed E-state index contributed by atoms with van der Waals surface area (Å²) in [4.78, 5) is 10.3. The number of aromatic nitrogens is 2. The SMILES string of the molecule is CCNc1ncc(Cl)c(N(C)c2ccc(C#N)cc2)n1. The molecule has 0 spiro atoms. The molecule has 0 amide bonds. The summed E-state index contributed by atoms with van der Waals surface area (Å²) < 4.78 is 0. The molecule has 1 aromatic carbocycles. The van der Waals surface area contributed by atoms with Gasteiger partial charge in [-0.2, -0.15) is 10.2 Å². The van der Waals surface area contributed by atoms with Crippen LogP contribution in [0.25, 0.3) is 0 Å². The third-order valence-corrected chi connectivity index (χ3v) is 3.03. The second-order valence-corrected chi connectivity index (χ2v) is 4.52. The maximum absolute atomic E-state index is 8.81. The lowest BCUT2D eigenvalue weighted by Crippen LogP contribution is -2.13. The van der Waals surface area contributed by atoms with Crippen LogP contribution in [0.5, 0.6) is 0 Å². The smallest absolute Gasteiger partial charge is 0.224 e. The largest absolute Gasteiger partial charge is 0.354 e. The fraction of sp³-hybridized carbons (Fsp3) is 0.214. The zero-order chi connectivity index (χ0) is 14.5. The highest BCUT2D eigenvalue weighted by molar-refractivity contribution is 6.33. The Labute approximate surface area is 122 Å². The van der Waals surface area contributed by atoms with Gasteiger partial charge in [0.1, 0.15) is 5.02 Å². The second-order valence-electron chi connectivity index (χ2n) is 4.11. The number of anilines is 3. The van der Waals surface area contributed by atoms with E-state index < -0.39 is 0 Å². The molecule has 1 N–H and O–H groups in total. The molecule has 0 saturated carbocycles. The maximum atomic E-state index is 8.81. The fourth-order valence-corrected chi connectivity index (χ4v) is 1.94. The first-order valence-electron chi connectivity index (χ1n) is 6.16. The minimum absolute atomic E-state index is 0.471. The minimum Gasteiger partial charge on any atom is -0.354 e. The number of nitrogens with zero attached hydrogens (tertiary/aromatic N) is 4. The van der Waals surface area contributed by atoms with Gasteiger partial charge < -0.3 is 10.2 Å². The fourth-order valence-electron chi connectivity index (χ4n) is 1.72. The summed E-state index contributed by atoms with van der Waals surface area (Å²) in [5.74, 6) is 1.15. The Morgan fingerprint density at radius 3 is 2.65 bits per heavy atom. The minimum atomic E-state index is 0.471. The number of hydrogen-bond acceptors (Lipinski definition) is 5. The molecule has 1 heterocycles. The summed E-state index contributed by atoms with van der Waals surface area (Å²) in [5.41, 5.74) is 1.51. The van der Waals surface area contributed by atoms with E-state index >= 15 is 0 Å². The zero-order valence-corrected chi connectivity index (χ0v) is 12.0. The molecule has 0 atom stereocenters. The lowest BCUT2D eigenvalue weighted by atomic mass is 10.2. The van der Waals surface area contributed by atoms with Gasteiger partial charge in [-0.25, -0.2) is 4.98 Å². The van der Waals surface area contributed by atoms with Crippen molar-refractivity contribution in [1.82, 2.24) is 9.97 Å². The Kier molecular flexibility index (Phi) is 4.38. The van der Waals surface area contributed by atoms with E-state index in [-0.39, 0.29) is 0 Å². The molecular weight excluding hydrogens is 274 g/mol. The van der Waals surface area contributed by atoms with E-state index in [0.29, 0.717) is 22.4 Å². The lowest BCUT2D eigenvalue weighted by Gasteiger charge is -2.20. The van der Waals surface area contributed by atoms with Crippen LogP contribution in [0.2, 0.25) is 5.02 Å². The Balaban J connectivity index is 2.33. The van der Waals surface area contributed by atoms with Gasteiger partial charge in [0.15, 0.2) is 5.82 Å². The van der Waals surface area contributed by atoms with E-state index in [2.05, 4.69) is 21.4 Å². The zero-order valence-electron chi connectivity index (χ0n) is 11.3. The first-order chi connectivity index (χ1) is 9.65. The number of rotatable bonds is 4. The van der Waals surface area contributed by atoms with E-state index in [1.165, 1.54) is 0 Å². The predicted octanol–water partition coefficient (Wildman–Crippen LogP) is 3.20. The molecule has 102 valence electrons. The highest BCUT2D eigenvalue weighted by Crippen LogP contribution is 2.28. The van der Waals surface area contributed by atoms with E-state index in [9.17, 15) is 0 Å². The molecule has 20 heavy (non-hydrogen) atoms. The molecule has 6 heteroatoms. The van der Waals surface area contributed by atoms with Gasteiger partial charge in [0, 0.05) is 19.3 Å². The number of nitriles is 1. The average Bonchev–Trinajstić information content (AvgIpc) is 2.49. The van der Waals surface area contributed by atoms with Gasteiger partial charge in [0.25, 0.3) is 0 Å². The number of nitrogens with one attached hydrogen (secondary N) is 1. The Morgan fingerprint density at radius 1 is 1.35 bits per heavy atom. The molecule has 2 aromatic rings. The van der Waals surface area contributed by atoms with Gasteiger partial charge in [-0.05, 0) is 31.2 Å². The van der Waals surface area contributed by atoms with Gasteiger partial charge in [0.05, 0.1) is 17.8 Å². The molecule has 0 aliphatic rings. The van der Waals surface area contributed by atoms with Gasteiger partial charge in [-0.15, -0.1) is 0 Å². The summed E-state index contributed by atoms with van der Waals surface area (Å²) in [6.07, 6.45) is 1.57. The summed E-state index contributed by atoms with van der Waals surface area (Å²) in [7, 11) is 1.87. The van der Waals surface area contributed by atoms with E-state index in [1.54, 1.807) is 18.3 Å². The monoisotopic (exact) mass is 287 g/mol. The van der Waals surface area contributed by atoms with Crippen molar-refractivity contribution >= 4 is 29.1 Å². The molecule has 1 aromatic heterocycles. The van der Waals surface area contributed by atoms with Crippen LogP contribution in [-0.2, 0) is 0 Å². The molecule has 0 radical (unpaired) electrons. The molecule has 0 unspecified atom stereocenters. The van der Waals surface area contributed by atoms with Crippen LogP contribution in [0.1, 0.15) is 12.5 Å². The first-order valence-corrected chi connectivity index (χ1v) is 6.53. The number of benzene rings is 1. The van der Waals surface area contributed by atoms with Crippen LogP contribution in [0.15, 0.2) is 30.5 Å². The van der Waals surface area contributed by atoms with Crippen molar-refractivity contribution < 1.29 is 0 Å². The lowest BCUT2D eigenvalue weighted by molar-refractivity contribution is 1.05. The number of hydrogen-bond donors (Lipinski definition) is 1. The Morgan fingerprint density at radius 2 is 2.05 bits per heavy atom. The van der Waals surface area contributed by atoms with Crippen molar-refractivity contribution in [3.63, 3.8) is 0 Å². The molecule has 5 nitrogen and oxygen atoms in total. The maximum Gasteiger partial charge on any atom is 0.224 e. The van der Waals surface area contributed by atoms with Crippen LogP contribution in [0.4, 0.5) is 17.5 Å². The van der Waals surface area contributed by atoms with E-state index in [1.807, 2.05) is 31.0 Å². The molecular formula is C14H14ClN5. The van der Waals surface area contributed by atoms with Gasteiger partial charge in [-0.3, -0.25) is 0 Å². The van der Waals surface area contributed by atoms with Crippen LogP contribution in [-0.4, -0.2) is 23.6 Å². The van der Waals surface area contributed by atoms with Crippen molar-refractivity contribution in [3.05, 3.63) is 41.0 Å². The summed E-state index contributed by atoms with van der Waals surface area (Å²) >= 11 is 6.15. The molecule has 0 aliphatic carbocycles. The summed E-state index contributed by atoms with van der Waals surface area (Å²) in [6, 6.07) is 9.30. The van der Waals surface area contributed by atoms with Crippen LogP contribution < -0.4 is 10.2 Å². The average molecular weight is 288 g/mol. The standard InChI is InChI=1S/C14H14ClN5/c1-3-17-14-18-9-12(15)13(19-14)20(2)11-6-4-10(8-16)5-7-11/h4-7,9H,3H2,1-2H3,(H,17,18,19). The molecule has 0 fully saturated rings. The van der Waals surface area contributed by atoms with Crippen molar-refractivity contribution in [1.29, 1.82) is 5.26 Å². The van der Waals surface area contributed by atoms with Crippen LogP contribution >= 0.6 is 11.6 Å². The van der Waals surface area contributed by atoms with Gasteiger partial charge in [0.2, 0.25) is 5.95 Å². The highest BCUT2D eigenvalue weighted by atomic mass is 35.5. The Bertz CT molecular complexity index is 633. The van der Waals surface area contributed by atoms with Crippen LogP contribution in [0, 0.1) is 11.3 Å². The summed E-state index contributed by atoms with van der Waals surface area (Å²) in [5, 5.41) is 12.3. The van der Waals surface area contributed by atoms with Gasteiger partial charge in [-0.1, -0.05) is 11.6 Å². The third-order valence-electron chi connectivity index (χ3n) is 2.76. The highest BCUT2D eigenvalue weighted by Gasteiger charge is 2.11. The van der Waals surface area contributed by atoms with Crippen LogP contribution in [0.3, 0.4) is 0 Å². The normalized spacial score (nSPS) is 9.90. The van der Waals surface area contributed by atoms with Gasteiger partial charge >= 0.3 is 0 Å². The number of halogens is 1. The van der Waals surface area contributed by atoms with Crippen molar-refractivity contribution in [2.75, 3.05) is 23.8 Å². The van der Waals surface area contributed by atoms with Crippen molar-refractivity contribution in [3.8, 4) is 6.07 Å². The van der Waals surface area contributed by atoms with E-state index in [4.69, 9.17) is 16.9 Å². The topological polar surface area (TPSA) is 64.8 Å². The molecule has 0 aliphatic heterocycles. The van der Waals surface area contributed by atoms with Crippen molar-refractivity contribution in [2.45, 2.75) is 6.92 Å². The molecule has 2 rings (SSSR count). The Hall–Kier alpha value is -2.32. The second kappa shape index (κ2) is 6.22. The third kappa shape index (κ3) is 2.98. The summed E-state index contributed by atoms with van der Waals surface area (Å²) in [6.45, 7) is 2.71. The molecule has 0 saturated heterocycles. The predicted molar refractivity (Wildman–Crippen MR) is 80.4 cm³/mol. The quantitative estimate of drug-likeness (QED) is 0.935. The molecule has 0 bridgehead atoms. The first kappa shape index (κ1) is 14.1. The van der Waals surface area contributed by atoms with Crippen molar-refractivity contribution in [2.24, 2.45) is 0 Å².